The van der Waals surface area contributed by atoms with Gasteiger partial charge in [-0.25, -0.2) is 4.79 Å². The monoisotopic (exact) mass is 297 g/mol. The molecule has 0 radical (unpaired) electrons. The molecule has 0 aromatic heterocycles. The molecule has 2 amide bonds. The first kappa shape index (κ1) is 16.1. The van der Waals surface area contributed by atoms with Crippen LogP contribution in [-0.4, -0.2) is 76.6 Å². The predicted molar refractivity (Wildman–Crippen MR) is 80.2 cm³/mol. The second-order valence-corrected chi connectivity index (χ2v) is 7.22. The van der Waals surface area contributed by atoms with Crippen molar-refractivity contribution in [1.29, 1.82) is 0 Å². The van der Waals surface area contributed by atoms with E-state index in [1.165, 1.54) is 0 Å². The fourth-order valence-electron chi connectivity index (χ4n) is 2.96. The molecule has 0 spiro atoms. The highest BCUT2D eigenvalue weighted by molar-refractivity contribution is 5.76. The molecular formula is C15H27N3O3. The molecule has 21 heavy (non-hydrogen) atoms. The molecule has 1 atom stereocenters. The van der Waals surface area contributed by atoms with E-state index in [0.717, 1.165) is 26.2 Å². The molecule has 0 saturated carbocycles. The molecule has 6 heteroatoms. The molecule has 6 nitrogen and oxygen atoms in total. The van der Waals surface area contributed by atoms with Gasteiger partial charge in [-0.05, 0) is 20.8 Å². The van der Waals surface area contributed by atoms with Gasteiger partial charge in [0.2, 0.25) is 0 Å². The fraction of sp³-hybridized carbons (Fsp3) is 0.867. The van der Waals surface area contributed by atoms with Crippen LogP contribution in [0.15, 0.2) is 0 Å². The number of nitrogens with zero attached hydrogens (tertiary/aromatic N) is 3. The number of rotatable bonds is 2. The van der Waals surface area contributed by atoms with Crippen molar-refractivity contribution in [2.45, 2.75) is 33.2 Å². The Labute approximate surface area is 126 Å². The van der Waals surface area contributed by atoms with Crippen molar-refractivity contribution < 1.29 is 14.7 Å². The van der Waals surface area contributed by atoms with Gasteiger partial charge in [0.15, 0.2) is 0 Å². The fourth-order valence-corrected chi connectivity index (χ4v) is 2.96. The van der Waals surface area contributed by atoms with Crippen molar-refractivity contribution in [2.24, 2.45) is 11.8 Å². The number of likely N-dealkylation sites (tertiary alicyclic amines) is 1. The van der Waals surface area contributed by atoms with Crippen LogP contribution in [0.25, 0.3) is 0 Å². The third-order valence-electron chi connectivity index (χ3n) is 4.78. The second kappa shape index (κ2) is 5.83. The second-order valence-electron chi connectivity index (χ2n) is 7.22. The smallest absolute Gasteiger partial charge is 0.320 e. The third kappa shape index (κ3) is 3.48. The zero-order valence-corrected chi connectivity index (χ0v) is 13.5. The van der Waals surface area contributed by atoms with Gasteiger partial charge in [-0.3, -0.25) is 9.69 Å². The number of amides is 2. The summed E-state index contributed by atoms with van der Waals surface area (Å²) in [5.41, 5.74) is 0.147. The molecular weight excluding hydrogens is 270 g/mol. The zero-order valence-electron chi connectivity index (χ0n) is 13.5. The van der Waals surface area contributed by atoms with E-state index in [1.54, 1.807) is 11.8 Å². The summed E-state index contributed by atoms with van der Waals surface area (Å²) < 4.78 is 0. The summed E-state index contributed by atoms with van der Waals surface area (Å²) in [5.74, 6) is -1.04. The maximum atomic E-state index is 12.4. The summed E-state index contributed by atoms with van der Waals surface area (Å²) >= 11 is 0. The summed E-state index contributed by atoms with van der Waals surface area (Å²) in [6.07, 6.45) is 0. The van der Waals surface area contributed by atoms with Gasteiger partial charge in [0.1, 0.15) is 0 Å². The molecule has 2 saturated heterocycles. The first-order valence-corrected chi connectivity index (χ1v) is 7.72. The number of carboxylic acid groups (broad SMARTS) is 1. The van der Waals surface area contributed by atoms with E-state index in [1.807, 2.05) is 4.90 Å². The van der Waals surface area contributed by atoms with Crippen LogP contribution in [0.4, 0.5) is 4.79 Å². The lowest BCUT2D eigenvalue weighted by Crippen LogP contribution is -2.61. The van der Waals surface area contributed by atoms with Crippen LogP contribution >= 0.6 is 0 Å². The predicted octanol–water partition coefficient (Wildman–Crippen LogP) is 1.17. The van der Waals surface area contributed by atoms with Gasteiger partial charge in [0.25, 0.3) is 0 Å². The van der Waals surface area contributed by atoms with Gasteiger partial charge in [0.05, 0.1) is 5.92 Å². The Bertz CT molecular complexity index is 405. The maximum absolute atomic E-state index is 12.4. The summed E-state index contributed by atoms with van der Waals surface area (Å²) in [5, 5.41) is 8.98. The molecule has 0 aromatic rings. The van der Waals surface area contributed by atoms with Gasteiger partial charge >= 0.3 is 12.0 Å². The maximum Gasteiger partial charge on any atom is 0.320 e. The Hall–Kier alpha value is -1.30. The number of carbonyl (C=O) groups excluding carboxylic acids is 1. The number of urea groups is 1. The lowest BCUT2D eigenvalue weighted by molar-refractivity contribution is -0.144. The van der Waals surface area contributed by atoms with Gasteiger partial charge in [0, 0.05) is 50.7 Å². The number of carboxylic acids is 1. The molecule has 1 unspecified atom stereocenters. The van der Waals surface area contributed by atoms with Gasteiger partial charge < -0.3 is 14.9 Å². The zero-order chi connectivity index (χ0) is 15.8. The Morgan fingerprint density at radius 3 is 2.00 bits per heavy atom. The topological polar surface area (TPSA) is 64.1 Å². The van der Waals surface area contributed by atoms with Crippen molar-refractivity contribution in [3.63, 3.8) is 0 Å². The van der Waals surface area contributed by atoms with Gasteiger partial charge in [-0.1, -0.05) is 6.92 Å². The van der Waals surface area contributed by atoms with E-state index < -0.39 is 5.97 Å². The first-order chi connectivity index (χ1) is 9.70. The molecule has 2 aliphatic heterocycles. The lowest BCUT2D eigenvalue weighted by Gasteiger charge is -2.47. The standard InChI is InChI=1S/C15H27N3O3/c1-11(13(19)20)12-9-17(10-12)14(21)16-5-7-18(8-6-16)15(2,3)4/h11-12H,5-10H2,1-4H3,(H,19,20). The average molecular weight is 297 g/mol. The molecule has 2 aliphatic rings. The van der Waals surface area contributed by atoms with Crippen LogP contribution in [0.5, 0.6) is 0 Å². The van der Waals surface area contributed by atoms with E-state index in [-0.39, 0.29) is 23.4 Å². The number of hydrogen-bond donors (Lipinski definition) is 1. The molecule has 120 valence electrons. The minimum Gasteiger partial charge on any atom is -0.481 e. The molecule has 2 heterocycles. The Balaban J connectivity index is 1.78. The normalized spacial score (nSPS) is 22.9. The van der Waals surface area contributed by atoms with Crippen molar-refractivity contribution in [1.82, 2.24) is 14.7 Å². The lowest BCUT2D eigenvalue weighted by atomic mass is 9.87. The number of aliphatic carboxylic acids is 1. The summed E-state index contributed by atoms with van der Waals surface area (Å²) in [6.45, 7) is 12.8. The van der Waals surface area contributed by atoms with Crippen LogP contribution in [-0.2, 0) is 4.79 Å². The minimum absolute atomic E-state index is 0.0670. The van der Waals surface area contributed by atoms with Crippen molar-refractivity contribution in [3.8, 4) is 0 Å². The summed E-state index contributed by atoms with van der Waals surface area (Å²) in [6, 6.07) is 0.0670. The summed E-state index contributed by atoms with van der Waals surface area (Å²) in [7, 11) is 0. The van der Waals surface area contributed by atoms with E-state index in [0.29, 0.717) is 13.1 Å². The molecule has 1 N–H and O–H groups in total. The average Bonchev–Trinajstić information content (AvgIpc) is 2.35. The highest BCUT2D eigenvalue weighted by Gasteiger charge is 2.39. The largest absolute Gasteiger partial charge is 0.481 e. The molecule has 0 aliphatic carbocycles. The van der Waals surface area contributed by atoms with E-state index in [9.17, 15) is 9.59 Å². The van der Waals surface area contributed by atoms with E-state index in [2.05, 4.69) is 25.7 Å². The van der Waals surface area contributed by atoms with Crippen molar-refractivity contribution in [3.05, 3.63) is 0 Å². The SMILES string of the molecule is CC(C(=O)O)C1CN(C(=O)N2CCN(C(C)(C)C)CC2)C1. The Morgan fingerprint density at radius 1 is 1.05 bits per heavy atom. The number of hydrogen-bond acceptors (Lipinski definition) is 3. The van der Waals surface area contributed by atoms with Gasteiger partial charge in [-0.15, -0.1) is 0 Å². The van der Waals surface area contributed by atoms with Crippen LogP contribution < -0.4 is 0 Å². The third-order valence-corrected chi connectivity index (χ3v) is 4.78. The van der Waals surface area contributed by atoms with Crippen LogP contribution in [0.1, 0.15) is 27.7 Å². The van der Waals surface area contributed by atoms with E-state index in [4.69, 9.17) is 5.11 Å². The first-order valence-electron chi connectivity index (χ1n) is 7.72. The quantitative estimate of drug-likeness (QED) is 0.831. The van der Waals surface area contributed by atoms with Gasteiger partial charge in [-0.2, -0.15) is 0 Å². The molecule has 2 rings (SSSR count). The highest BCUT2D eigenvalue weighted by Crippen LogP contribution is 2.26. The summed E-state index contributed by atoms with van der Waals surface area (Å²) in [4.78, 5) is 29.3. The van der Waals surface area contributed by atoms with Crippen LogP contribution in [0, 0.1) is 11.8 Å². The number of piperazine rings is 1. The minimum atomic E-state index is -0.772. The Kier molecular flexibility index (Phi) is 4.46. The molecule has 0 aromatic carbocycles. The van der Waals surface area contributed by atoms with Crippen LogP contribution in [0.2, 0.25) is 0 Å². The van der Waals surface area contributed by atoms with Crippen molar-refractivity contribution in [2.75, 3.05) is 39.3 Å². The molecule has 2 fully saturated rings. The molecule has 0 bridgehead atoms. The van der Waals surface area contributed by atoms with Crippen LogP contribution in [0.3, 0.4) is 0 Å². The van der Waals surface area contributed by atoms with Crippen molar-refractivity contribution >= 4 is 12.0 Å². The van der Waals surface area contributed by atoms with E-state index >= 15 is 0 Å². The number of carbonyl (C=O) groups is 2. The highest BCUT2D eigenvalue weighted by atomic mass is 16.4. The Morgan fingerprint density at radius 2 is 1.57 bits per heavy atom.